The second-order valence-electron chi connectivity index (χ2n) is 6.93. The second kappa shape index (κ2) is 7.18. The zero-order chi connectivity index (χ0) is 19.8. The number of aromatic nitrogens is 3. The molecule has 0 saturated carbocycles. The summed E-state index contributed by atoms with van der Waals surface area (Å²) in [7, 11) is 0. The van der Waals surface area contributed by atoms with E-state index in [2.05, 4.69) is 45.1 Å². The van der Waals surface area contributed by atoms with E-state index in [-0.39, 0.29) is 5.91 Å². The molecule has 5 rings (SSSR count). The third-order valence-electron chi connectivity index (χ3n) is 5.18. The number of carbonyl (C=O) groups is 1. The van der Waals surface area contributed by atoms with Crippen LogP contribution in [0.1, 0.15) is 12.1 Å². The van der Waals surface area contributed by atoms with Gasteiger partial charge in [0.2, 0.25) is 5.91 Å². The summed E-state index contributed by atoms with van der Waals surface area (Å²) in [5, 5.41) is 4.55. The van der Waals surface area contributed by atoms with Crippen molar-refractivity contribution in [1.29, 1.82) is 0 Å². The summed E-state index contributed by atoms with van der Waals surface area (Å²) < 4.78 is 1.15. The van der Waals surface area contributed by atoms with Crippen molar-refractivity contribution in [3.63, 3.8) is 0 Å². The Kier molecular flexibility index (Phi) is 4.37. The fourth-order valence-corrected chi connectivity index (χ4v) is 4.36. The number of amides is 1. The molecular formula is C22H19N5OS. The molecule has 3 aromatic heterocycles. The van der Waals surface area contributed by atoms with Crippen LogP contribution >= 0.6 is 11.3 Å². The van der Waals surface area contributed by atoms with Crippen molar-refractivity contribution in [2.45, 2.75) is 6.42 Å². The van der Waals surface area contributed by atoms with Crippen molar-refractivity contribution in [1.82, 2.24) is 19.9 Å². The Morgan fingerprint density at radius 1 is 1.28 bits per heavy atom. The Labute approximate surface area is 171 Å². The monoisotopic (exact) mass is 401 g/mol. The van der Waals surface area contributed by atoms with Gasteiger partial charge in [-0.3, -0.25) is 4.79 Å². The van der Waals surface area contributed by atoms with Crippen LogP contribution in [0.15, 0.2) is 60.8 Å². The lowest BCUT2D eigenvalue weighted by Gasteiger charge is -2.25. The van der Waals surface area contributed by atoms with Crippen LogP contribution in [0.5, 0.6) is 0 Å². The molecule has 144 valence electrons. The number of aromatic amines is 1. The van der Waals surface area contributed by atoms with Crippen molar-refractivity contribution >= 4 is 55.4 Å². The maximum Gasteiger partial charge on any atom is 0.246 e. The highest BCUT2D eigenvalue weighted by Gasteiger charge is 2.17. The summed E-state index contributed by atoms with van der Waals surface area (Å²) in [5.41, 5.74) is 7.98. The molecule has 7 heteroatoms. The molecule has 2 N–H and O–H groups in total. The molecule has 6 nitrogen and oxygen atoms in total. The minimum Gasteiger partial charge on any atom is -0.355 e. The van der Waals surface area contributed by atoms with E-state index >= 15 is 0 Å². The fourth-order valence-electron chi connectivity index (χ4n) is 3.64. The zero-order valence-corrected chi connectivity index (χ0v) is 16.5. The molecule has 0 spiro atoms. The Morgan fingerprint density at radius 3 is 3.03 bits per heavy atom. The summed E-state index contributed by atoms with van der Waals surface area (Å²) in [4.78, 5) is 25.8. The van der Waals surface area contributed by atoms with Crippen LogP contribution in [-0.4, -0.2) is 38.8 Å². The largest absolute Gasteiger partial charge is 0.355 e. The molecule has 0 saturated heterocycles. The summed E-state index contributed by atoms with van der Waals surface area (Å²) in [6.45, 7) is 4.86. The third-order valence-corrected chi connectivity index (χ3v) is 5.98. The van der Waals surface area contributed by atoms with Crippen LogP contribution < -0.4 is 5.32 Å². The molecule has 1 amide bonds. The maximum absolute atomic E-state index is 11.8. The van der Waals surface area contributed by atoms with E-state index in [4.69, 9.17) is 0 Å². The number of benzene rings is 1. The van der Waals surface area contributed by atoms with Crippen molar-refractivity contribution in [3.8, 4) is 0 Å². The molecule has 0 bridgehead atoms. The van der Waals surface area contributed by atoms with E-state index in [9.17, 15) is 4.79 Å². The molecule has 1 aliphatic heterocycles. The molecule has 4 aromatic rings. The highest BCUT2D eigenvalue weighted by atomic mass is 32.1. The van der Waals surface area contributed by atoms with Crippen LogP contribution in [0.25, 0.3) is 26.8 Å². The van der Waals surface area contributed by atoms with Crippen molar-refractivity contribution < 1.29 is 4.79 Å². The molecule has 0 unspecified atom stereocenters. The average Bonchev–Trinajstić information content (AvgIpc) is 3.40. The van der Waals surface area contributed by atoms with E-state index in [1.54, 1.807) is 22.4 Å². The van der Waals surface area contributed by atoms with E-state index in [1.807, 2.05) is 23.7 Å². The summed E-state index contributed by atoms with van der Waals surface area (Å²) in [5.74, 6) is -0.0250. The van der Waals surface area contributed by atoms with Gasteiger partial charge in [0.25, 0.3) is 0 Å². The van der Waals surface area contributed by atoms with Crippen LogP contribution in [-0.2, 0) is 4.79 Å². The highest BCUT2D eigenvalue weighted by molar-refractivity contribution is 7.16. The third kappa shape index (κ3) is 3.30. The number of carbonyl (C=O) groups excluding carboxylic acids is 1. The first-order valence-electron chi connectivity index (χ1n) is 9.40. The Bertz CT molecular complexity index is 1270. The van der Waals surface area contributed by atoms with Crippen LogP contribution in [0.3, 0.4) is 0 Å². The average molecular weight is 401 g/mol. The Balaban J connectivity index is 1.44. The first kappa shape index (κ1) is 17.6. The Morgan fingerprint density at radius 2 is 2.21 bits per heavy atom. The first-order chi connectivity index (χ1) is 14.2. The number of pyridine rings is 1. The van der Waals surface area contributed by atoms with E-state index in [0.29, 0.717) is 13.1 Å². The van der Waals surface area contributed by atoms with Gasteiger partial charge in [0.1, 0.15) is 5.65 Å². The minimum absolute atomic E-state index is 0.0250. The van der Waals surface area contributed by atoms with Crippen molar-refractivity contribution in [2.24, 2.45) is 0 Å². The van der Waals surface area contributed by atoms with Crippen LogP contribution in [0.2, 0.25) is 0 Å². The minimum atomic E-state index is -0.0250. The summed E-state index contributed by atoms with van der Waals surface area (Å²) in [6.07, 6.45) is 6.07. The van der Waals surface area contributed by atoms with E-state index in [1.165, 1.54) is 11.6 Å². The van der Waals surface area contributed by atoms with E-state index < -0.39 is 0 Å². The molecule has 4 heterocycles. The van der Waals surface area contributed by atoms with Gasteiger partial charge < -0.3 is 15.2 Å². The quantitative estimate of drug-likeness (QED) is 0.485. The van der Waals surface area contributed by atoms with Gasteiger partial charge in [0, 0.05) is 36.1 Å². The number of rotatable bonds is 4. The first-order valence-corrected chi connectivity index (χ1v) is 10.3. The molecule has 0 radical (unpaired) electrons. The number of anilines is 2. The SMILES string of the molecule is C=CC(=O)N1CC=C(c2cc3c(Nc4ccc5ncsc5c4)ccnc3[nH]2)CC1. The lowest BCUT2D eigenvalue weighted by molar-refractivity contribution is -0.125. The van der Waals surface area contributed by atoms with Crippen LogP contribution in [0.4, 0.5) is 11.4 Å². The van der Waals surface area contributed by atoms with Gasteiger partial charge in [-0.05, 0) is 48.4 Å². The van der Waals surface area contributed by atoms with Gasteiger partial charge in [-0.15, -0.1) is 11.3 Å². The number of nitrogens with one attached hydrogen (secondary N) is 2. The van der Waals surface area contributed by atoms with Gasteiger partial charge >= 0.3 is 0 Å². The predicted molar refractivity (Wildman–Crippen MR) is 118 cm³/mol. The molecular weight excluding hydrogens is 382 g/mol. The lowest BCUT2D eigenvalue weighted by atomic mass is 10.0. The smallest absolute Gasteiger partial charge is 0.246 e. The number of H-pyrrole nitrogens is 1. The normalized spacial score (nSPS) is 14.2. The number of fused-ring (bicyclic) bond motifs is 2. The molecule has 0 fully saturated rings. The molecule has 1 aliphatic rings. The van der Waals surface area contributed by atoms with Gasteiger partial charge in [-0.2, -0.15) is 0 Å². The second-order valence-corrected chi connectivity index (χ2v) is 7.82. The molecule has 1 aromatic carbocycles. The maximum atomic E-state index is 11.8. The molecule has 0 aliphatic carbocycles. The number of nitrogens with zero attached hydrogens (tertiary/aromatic N) is 3. The topological polar surface area (TPSA) is 73.9 Å². The fraction of sp³-hybridized carbons (Fsp3) is 0.136. The predicted octanol–water partition coefficient (Wildman–Crippen LogP) is 4.72. The van der Waals surface area contributed by atoms with Crippen LogP contribution in [0, 0.1) is 0 Å². The Hall–Kier alpha value is -3.45. The lowest BCUT2D eigenvalue weighted by Crippen LogP contribution is -2.33. The van der Waals surface area contributed by atoms with Gasteiger partial charge in [-0.1, -0.05) is 12.7 Å². The zero-order valence-electron chi connectivity index (χ0n) is 15.7. The standard InChI is InChI=1S/C22H19N5OS/c1-2-21(28)27-9-6-14(7-10-27)19-12-16-17(5-8-23-22(16)26-19)25-15-3-4-18-20(11-15)29-13-24-18/h2-6,8,11-13H,1,7,9-10H2,(H2,23,25,26). The molecule has 29 heavy (non-hydrogen) atoms. The highest BCUT2D eigenvalue weighted by Crippen LogP contribution is 2.31. The van der Waals surface area contributed by atoms with Gasteiger partial charge in [0.05, 0.1) is 21.4 Å². The van der Waals surface area contributed by atoms with Gasteiger partial charge in [-0.25, -0.2) is 9.97 Å². The van der Waals surface area contributed by atoms with E-state index in [0.717, 1.165) is 44.7 Å². The number of hydrogen-bond donors (Lipinski definition) is 2. The molecule has 0 atom stereocenters. The summed E-state index contributed by atoms with van der Waals surface area (Å²) >= 11 is 1.63. The van der Waals surface area contributed by atoms with Crippen molar-refractivity contribution in [2.75, 3.05) is 18.4 Å². The van der Waals surface area contributed by atoms with Gasteiger partial charge in [0.15, 0.2) is 0 Å². The number of hydrogen-bond acceptors (Lipinski definition) is 5. The summed E-state index contributed by atoms with van der Waals surface area (Å²) in [6, 6.07) is 10.3. The van der Waals surface area contributed by atoms with Crippen molar-refractivity contribution in [3.05, 3.63) is 66.5 Å². The number of thiazole rings is 1.